The molecule has 1 aromatic rings. The van der Waals surface area contributed by atoms with Gasteiger partial charge in [-0.3, -0.25) is 0 Å². The number of hydrogen-bond acceptors (Lipinski definition) is 4. The average molecular weight is 281 g/mol. The van der Waals surface area contributed by atoms with Crippen LogP contribution in [0.25, 0.3) is 0 Å². The number of likely N-dealkylation sites (tertiary alicyclic amines) is 1. The maximum absolute atomic E-state index is 4.59. The van der Waals surface area contributed by atoms with Gasteiger partial charge in [-0.25, -0.2) is 4.98 Å². The van der Waals surface area contributed by atoms with E-state index in [1.165, 1.54) is 50.3 Å². The smallest absolute Gasteiger partial charge is 0.110 e. The van der Waals surface area contributed by atoms with Crippen molar-refractivity contribution in [1.82, 2.24) is 15.2 Å². The van der Waals surface area contributed by atoms with E-state index < -0.39 is 0 Å². The zero-order valence-corrected chi connectivity index (χ0v) is 13.3. The highest BCUT2D eigenvalue weighted by Gasteiger charge is 2.19. The summed E-state index contributed by atoms with van der Waals surface area (Å²) in [7, 11) is 0. The van der Waals surface area contributed by atoms with Gasteiger partial charge >= 0.3 is 0 Å². The number of aromatic nitrogens is 1. The SMILES string of the molecule is CCCN1CCCC(NC(C)c2nc(C)cs2)CC1. The summed E-state index contributed by atoms with van der Waals surface area (Å²) in [6, 6.07) is 1.04. The standard InChI is InChI=1S/C15H27N3S/c1-4-8-18-9-5-6-14(7-10-18)17-13(3)15-16-12(2)11-19-15/h11,13-14,17H,4-10H2,1-3H3. The van der Waals surface area contributed by atoms with Gasteiger partial charge in [0, 0.05) is 17.1 Å². The summed E-state index contributed by atoms with van der Waals surface area (Å²) in [4.78, 5) is 7.20. The third kappa shape index (κ3) is 4.55. The van der Waals surface area contributed by atoms with E-state index >= 15 is 0 Å². The molecule has 2 unspecified atom stereocenters. The Morgan fingerprint density at radius 2 is 2.32 bits per heavy atom. The Balaban J connectivity index is 1.82. The molecule has 0 radical (unpaired) electrons. The van der Waals surface area contributed by atoms with Gasteiger partial charge in [0.25, 0.3) is 0 Å². The van der Waals surface area contributed by atoms with Crippen LogP contribution in [0.15, 0.2) is 5.38 Å². The van der Waals surface area contributed by atoms with Crippen molar-refractivity contribution in [3.63, 3.8) is 0 Å². The second-order valence-electron chi connectivity index (χ2n) is 5.68. The Hall–Kier alpha value is -0.450. The number of aryl methyl sites for hydroxylation is 1. The summed E-state index contributed by atoms with van der Waals surface area (Å²) >= 11 is 1.78. The minimum absolute atomic E-state index is 0.390. The van der Waals surface area contributed by atoms with Gasteiger partial charge in [-0.05, 0) is 59.2 Å². The van der Waals surface area contributed by atoms with Crippen LogP contribution >= 0.6 is 11.3 Å². The molecular weight excluding hydrogens is 254 g/mol. The van der Waals surface area contributed by atoms with E-state index in [0.29, 0.717) is 12.1 Å². The molecule has 2 atom stereocenters. The first kappa shape index (κ1) is 14.9. The lowest BCUT2D eigenvalue weighted by Crippen LogP contribution is -2.33. The van der Waals surface area contributed by atoms with E-state index in [1.807, 2.05) is 0 Å². The number of hydrogen-bond donors (Lipinski definition) is 1. The van der Waals surface area contributed by atoms with Gasteiger partial charge in [-0.2, -0.15) is 0 Å². The van der Waals surface area contributed by atoms with Crippen molar-refractivity contribution in [2.24, 2.45) is 0 Å². The molecule has 3 nitrogen and oxygen atoms in total. The molecule has 4 heteroatoms. The molecule has 1 aliphatic heterocycles. The van der Waals surface area contributed by atoms with Gasteiger partial charge in [-0.1, -0.05) is 6.92 Å². The van der Waals surface area contributed by atoms with E-state index in [-0.39, 0.29) is 0 Å². The van der Waals surface area contributed by atoms with E-state index in [9.17, 15) is 0 Å². The van der Waals surface area contributed by atoms with Crippen LogP contribution in [-0.2, 0) is 0 Å². The maximum Gasteiger partial charge on any atom is 0.110 e. The largest absolute Gasteiger partial charge is 0.305 e. The molecule has 1 saturated heterocycles. The van der Waals surface area contributed by atoms with Crippen molar-refractivity contribution in [2.45, 2.75) is 58.5 Å². The van der Waals surface area contributed by atoms with Crippen LogP contribution in [-0.4, -0.2) is 35.6 Å². The van der Waals surface area contributed by atoms with Gasteiger partial charge in [0.2, 0.25) is 0 Å². The monoisotopic (exact) mass is 281 g/mol. The summed E-state index contributed by atoms with van der Waals surface area (Å²) in [6.45, 7) is 10.4. The molecule has 1 N–H and O–H groups in total. The lowest BCUT2D eigenvalue weighted by Gasteiger charge is -2.21. The van der Waals surface area contributed by atoms with Crippen LogP contribution in [0.5, 0.6) is 0 Å². The van der Waals surface area contributed by atoms with Crippen LogP contribution in [0.3, 0.4) is 0 Å². The van der Waals surface area contributed by atoms with Gasteiger partial charge < -0.3 is 10.2 Å². The third-order valence-corrected chi connectivity index (χ3v) is 5.00. The van der Waals surface area contributed by atoms with Crippen molar-refractivity contribution >= 4 is 11.3 Å². The zero-order chi connectivity index (χ0) is 13.7. The van der Waals surface area contributed by atoms with Crippen molar-refractivity contribution in [3.8, 4) is 0 Å². The van der Waals surface area contributed by atoms with Crippen LogP contribution in [0, 0.1) is 6.92 Å². The number of rotatable bonds is 5. The first-order chi connectivity index (χ1) is 9.19. The highest BCUT2D eigenvalue weighted by molar-refractivity contribution is 7.09. The minimum Gasteiger partial charge on any atom is -0.305 e. The van der Waals surface area contributed by atoms with Crippen LogP contribution in [0.1, 0.15) is 56.3 Å². The van der Waals surface area contributed by atoms with Crippen molar-refractivity contribution < 1.29 is 0 Å². The topological polar surface area (TPSA) is 28.2 Å². The Morgan fingerprint density at radius 1 is 1.47 bits per heavy atom. The van der Waals surface area contributed by atoms with E-state index in [0.717, 1.165) is 5.69 Å². The summed E-state index contributed by atoms with van der Waals surface area (Å²) in [5.41, 5.74) is 1.14. The Kier molecular flexibility index (Phi) is 5.79. The molecule has 0 spiro atoms. The Bertz CT molecular complexity index is 377. The average Bonchev–Trinajstić information content (AvgIpc) is 2.70. The minimum atomic E-state index is 0.390. The van der Waals surface area contributed by atoms with Crippen molar-refractivity contribution in [1.29, 1.82) is 0 Å². The van der Waals surface area contributed by atoms with Gasteiger partial charge in [-0.15, -0.1) is 11.3 Å². The molecule has 1 aliphatic rings. The van der Waals surface area contributed by atoms with Crippen molar-refractivity contribution in [3.05, 3.63) is 16.1 Å². The quantitative estimate of drug-likeness (QED) is 0.897. The number of thiazole rings is 1. The molecular formula is C15H27N3S. The molecule has 0 saturated carbocycles. The molecule has 0 aliphatic carbocycles. The highest BCUT2D eigenvalue weighted by Crippen LogP contribution is 2.20. The lowest BCUT2D eigenvalue weighted by molar-refractivity contribution is 0.281. The summed E-state index contributed by atoms with van der Waals surface area (Å²) in [6.07, 6.45) is 5.16. The zero-order valence-electron chi connectivity index (χ0n) is 12.5. The Labute approximate surface area is 121 Å². The first-order valence-electron chi connectivity index (χ1n) is 7.59. The first-order valence-corrected chi connectivity index (χ1v) is 8.47. The summed E-state index contributed by atoms with van der Waals surface area (Å²) in [5, 5.41) is 7.14. The maximum atomic E-state index is 4.59. The molecule has 19 heavy (non-hydrogen) atoms. The third-order valence-electron chi connectivity index (χ3n) is 3.85. The second kappa shape index (κ2) is 7.36. The summed E-state index contributed by atoms with van der Waals surface area (Å²) < 4.78 is 0. The molecule has 0 aromatic carbocycles. The Morgan fingerprint density at radius 3 is 3.00 bits per heavy atom. The fraction of sp³-hybridized carbons (Fsp3) is 0.800. The predicted molar refractivity (Wildman–Crippen MR) is 82.8 cm³/mol. The fourth-order valence-corrected chi connectivity index (χ4v) is 3.67. The molecule has 2 heterocycles. The fourth-order valence-electron chi connectivity index (χ4n) is 2.86. The molecule has 0 bridgehead atoms. The van der Waals surface area contributed by atoms with E-state index in [1.54, 1.807) is 11.3 Å². The second-order valence-corrected chi connectivity index (χ2v) is 6.57. The number of nitrogens with one attached hydrogen (secondary N) is 1. The highest BCUT2D eigenvalue weighted by atomic mass is 32.1. The molecule has 108 valence electrons. The predicted octanol–water partition coefficient (Wildman–Crippen LogP) is 3.37. The lowest BCUT2D eigenvalue weighted by atomic mass is 10.1. The van der Waals surface area contributed by atoms with E-state index in [4.69, 9.17) is 0 Å². The van der Waals surface area contributed by atoms with Gasteiger partial charge in [0.05, 0.1) is 6.04 Å². The summed E-state index contributed by atoms with van der Waals surface area (Å²) in [5.74, 6) is 0. The molecule has 2 rings (SSSR count). The number of nitrogens with zero attached hydrogens (tertiary/aromatic N) is 2. The van der Waals surface area contributed by atoms with Crippen LogP contribution in [0.2, 0.25) is 0 Å². The van der Waals surface area contributed by atoms with Crippen LogP contribution in [0.4, 0.5) is 0 Å². The van der Waals surface area contributed by atoms with Crippen LogP contribution < -0.4 is 5.32 Å². The van der Waals surface area contributed by atoms with Gasteiger partial charge in [0.15, 0.2) is 0 Å². The van der Waals surface area contributed by atoms with E-state index in [2.05, 4.69) is 41.4 Å². The normalized spacial score (nSPS) is 23.2. The molecule has 1 fully saturated rings. The molecule has 1 aromatic heterocycles. The molecule has 0 amide bonds. The van der Waals surface area contributed by atoms with Crippen molar-refractivity contribution in [2.75, 3.05) is 19.6 Å². The van der Waals surface area contributed by atoms with Gasteiger partial charge in [0.1, 0.15) is 5.01 Å².